The van der Waals surface area contributed by atoms with Crippen molar-refractivity contribution >= 4 is 21.6 Å². The van der Waals surface area contributed by atoms with E-state index >= 15 is 0 Å². The zero-order chi connectivity index (χ0) is 22.6. The molecule has 8 heteroatoms. The number of ether oxygens (including phenoxy) is 1. The van der Waals surface area contributed by atoms with Crippen LogP contribution in [-0.2, 0) is 10.0 Å². The summed E-state index contributed by atoms with van der Waals surface area (Å²) < 4.78 is 46.2. The molecule has 1 atom stereocenters. The third-order valence-corrected chi connectivity index (χ3v) is 6.21. The first-order valence-corrected chi connectivity index (χ1v) is 11.0. The van der Waals surface area contributed by atoms with Gasteiger partial charge < -0.3 is 10.1 Å². The first-order valence-electron chi connectivity index (χ1n) is 9.53. The molecule has 0 spiro atoms. The molecule has 0 aliphatic heterocycles. The van der Waals surface area contributed by atoms with Crippen molar-refractivity contribution in [2.24, 2.45) is 0 Å². The predicted molar refractivity (Wildman–Crippen MR) is 117 cm³/mol. The summed E-state index contributed by atoms with van der Waals surface area (Å²) in [6.07, 6.45) is 0. The third kappa shape index (κ3) is 5.40. The van der Waals surface area contributed by atoms with E-state index in [1.165, 1.54) is 37.4 Å². The van der Waals surface area contributed by atoms with E-state index < -0.39 is 10.0 Å². The normalized spacial score (nSPS) is 12.1. The number of anilines is 1. The highest BCUT2D eigenvalue weighted by Crippen LogP contribution is 2.23. The van der Waals surface area contributed by atoms with Crippen molar-refractivity contribution in [2.45, 2.75) is 24.8 Å². The number of sulfonamides is 1. The Hall–Kier alpha value is -3.39. The van der Waals surface area contributed by atoms with Crippen molar-refractivity contribution in [1.82, 2.24) is 5.32 Å². The van der Waals surface area contributed by atoms with Crippen molar-refractivity contribution in [3.63, 3.8) is 0 Å². The summed E-state index contributed by atoms with van der Waals surface area (Å²) in [5, 5.41) is 2.83. The van der Waals surface area contributed by atoms with E-state index in [0.717, 1.165) is 5.56 Å². The number of hydrogen-bond acceptors (Lipinski definition) is 4. The summed E-state index contributed by atoms with van der Waals surface area (Å²) in [7, 11) is -2.35. The molecule has 0 saturated carbocycles. The fourth-order valence-electron chi connectivity index (χ4n) is 2.95. The Bertz CT molecular complexity index is 1180. The minimum atomic E-state index is -3.85. The molecular formula is C23H23FN2O4S. The van der Waals surface area contributed by atoms with Gasteiger partial charge in [-0.2, -0.15) is 0 Å². The van der Waals surface area contributed by atoms with E-state index in [2.05, 4.69) is 10.0 Å². The molecular weight excluding hydrogens is 419 g/mol. The average Bonchev–Trinajstić information content (AvgIpc) is 2.75. The van der Waals surface area contributed by atoms with E-state index in [-0.39, 0.29) is 22.7 Å². The molecule has 1 unspecified atom stereocenters. The molecule has 3 aromatic carbocycles. The van der Waals surface area contributed by atoms with Crippen LogP contribution in [0.2, 0.25) is 0 Å². The molecule has 0 radical (unpaired) electrons. The number of methoxy groups -OCH3 is 1. The highest BCUT2D eigenvalue weighted by Gasteiger charge is 2.18. The fraction of sp³-hybridized carbons (Fsp3) is 0.174. The van der Waals surface area contributed by atoms with Gasteiger partial charge in [0.05, 0.1) is 23.7 Å². The van der Waals surface area contributed by atoms with Gasteiger partial charge in [-0.15, -0.1) is 0 Å². The summed E-state index contributed by atoms with van der Waals surface area (Å²) in [6, 6.07) is 16.3. The number of nitrogens with one attached hydrogen (secondary N) is 2. The van der Waals surface area contributed by atoms with Gasteiger partial charge in [0.15, 0.2) is 0 Å². The minimum Gasteiger partial charge on any atom is -0.497 e. The lowest BCUT2D eigenvalue weighted by Gasteiger charge is -2.16. The first-order chi connectivity index (χ1) is 14.7. The van der Waals surface area contributed by atoms with Crippen LogP contribution in [0.3, 0.4) is 0 Å². The zero-order valence-corrected chi connectivity index (χ0v) is 18.2. The lowest BCUT2D eigenvalue weighted by Crippen LogP contribution is -2.26. The van der Waals surface area contributed by atoms with Gasteiger partial charge in [0.1, 0.15) is 11.6 Å². The van der Waals surface area contributed by atoms with E-state index in [1.54, 1.807) is 50.2 Å². The molecule has 0 aromatic heterocycles. The third-order valence-electron chi connectivity index (χ3n) is 4.83. The van der Waals surface area contributed by atoms with Gasteiger partial charge in [-0.25, -0.2) is 12.8 Å². The van der Waals surface area contributed by atoms with Gasteiger partial charge in [0.2, 0.25) is 0 Å². The quantitative estimate of drug-likeness (QED) is 0.567. The number of benzene rings is 3. The van der Waals surface area contributed by atoms with Crippen molar-refractivity contribution in [3.05, 3.63) is 89.2 Å². The summed E-state index contributed by atoms with van der Waals surface area (Å²) in [5.41, 5.74) is 2.02. The molecule has 3 rings (SSSR count). The fourth-order valence-corrected chi connectivity index (χ4v) is 4.07. The number of aryl methyl sites for hydroxylation is 1. The number of carbonyl (C=O) groups is 1. The van der Waals surface area contributed by atoms with Crippen LogP contribution in [0.4, 0.5) is 10.1 Å². The summed E-state index contributed by atoms with van der Waals surface area (Å²) in [5.74, 6) is -0.180. The predicted octanol–water partition coefficient (Wildman–Crippen LogP) is 4.43. The first kappa shape index (κ1) is 22.3. The Morgan fingerprint density at radius 1 is 1.00 bits per heavy atom. The molecule has 0 aliphatic carbocycles. The van der Waals surface area contributed by atoms with Gasteiger partial charge in [0, 0.05) is 5.56 Å². The standard InChI is InChI=1S/C23H23FN2O4S/c1-15-4-5-18(23(27)25-16(2)17-6-8-19(24)9-7-17)14-22(15)26-31(28,29)21-12-10-20(30-3)11-13-21/h4-14,16,26H,1-3H3,(H,25,27). The summed E-state index contributed by atoms with van der Waals surface area (Å²) in [4.78, 5) is 12.8. The molecule has 3 aromatic rings. The number of carbonyl (C=O) groups excluding carboxylic acids is 1. The monoisotopic (exact) mass is 442 g/mol. The smallest absolute Gasteiger partial charge is 0.261 e. The van der Waals surface area contributed by atoms with Crippen molar-refractivity contribution < 1.29 is 22.3 Å². The van der Waals surface area contributed by atoms with E-state index in [9.17, 15) is 17.6 Å². The maximum absolute atomic E-state index is 13.1. The maximum atomic E-state index is 13.1. The Kier molecular flexibility index (Phi) is 6.60. The van der Waals surface area contributed by atoms with Gasteiger partial charge >= 0.3 is 0 Å². The SMILES string of the molecule is COc1ccc(S(=O)(=O)Nc2cc(C(=O)NC(C)c3ccc(F)cc3)ccc2C)cc1. The zero-order valence-electron chi connectivity index (χ0n) is 17.3. The average molecular weight is 443 g/mol. The lowest BCUT2D eigenvalue weighted by atomic mass is 10.1. The second-order valence-corrected chi connectivity index (χ2v) is 8.74. The van der Waals surface area contributed by atoms with Crippen LogP contribution in [0.25, 0.3) is 0 Å². The molecule has 0 saturated heterocycles. The van der Waals surface area contributed by atoms with Crippen LogP contribution in [0.1, 0.15) is 34.5 Å². The molecule has 0 bridgehead atoms. The topological polar surface area (TPSA) is 84.5 Å². The molecule has 1 amide bonds. The second-order valence-electron chi connectivity index (χ2n) is 7.06. The van der Waals surface area contributed by atoms with Crippen LogP contribution in [0.15, 0.2) is 71.6 Å². The number of hydrogen-bond donors (Lipinski definition) is 2. The van der Waals surface area contributed by atoms with Crippen LogP contribution in [-0.4, -0.2) is 21.4 Å². The maximum Gasteiger partial charge on any atom is 0.261 e. The van der Waals surface area contributed by atoms with Gasteiger partial charge in [-0.3, -0.25) is 9.52 Å². The second kappa shape index (κ2) is 9.18. The van der Waals surface area contributed by atoms with Crippen molar-refractivity contribution in [2.75, 3.05) is 11.8 Å². The molecule has 31 heavy (non-hydrogen) atoms. The number of amides is 1. The molecule has 2 N–H and O–H groups in total. The summed E-state index contributed by atoms with van der Waals surface area (Å²) >= 11 is 0. The number of rotatable bonds is 7. The van der Waals surface area contributed by atoms with Crippen LogP contribution >= 0.6 is 0 Å². The van der Waals surface area contributed by atoms with E-state index in [1.807, 2.05) is 0 Å². The van der Waals surface area contributed by atoms with E-state index in [0.29, 0.717) is 22.6 Å². The van der Waals surface area contributed by atoms with Crippen LogP contribution in [0, 0.1) is 12.7 Å². The lowest BCUT2D eigenvalue weighted by molar-refractivity contribution is 0.0940. The minimum absolute atomic E-state index is 0.0764. The van der Waals surface area contributed by atoms with Gasteiger partial charge in [0.25, 0.3) is 15.9 Å². The van der Waals surface area contributed by atoms with Gasteiger partial charge in [-0.05, 0) is 73.5 Å². The van der Waals surface area contributed by atoms with Crippen LogP contribution < -0.4 is 14.8 Å². The van der Waals surface area contributed by atoms with E-state index in [4.69, 9.17) is 4.74 Å². The van der Waals surface area contributed by atoms with Crippen molar-refractivity contribution in [3.8, 4) is 5.75 Å². The Labute approximate surface area is 181 Å². The largest absolute Gasteiger partial charge is 0.497 e. The molecule has 162 valence electrons. The Balaban J connectivity index is 1.78. The Morgan fingerprint density at radius 2 is 1.65 bits per heavy atom. The molecule has 0 aliphatic rings. The summed E-state index contributed by atoms with van der Waals surface area (Å²) in [6.45, 7) is 3.53. The molecule has 0 heterocycles. The Morgan fingerprint density at radius 3 is 2.26 bits per heavy atom. The van der Waals surface area contributed by atoms with Crippen LogP contribution in [0.5, 0.6) is 5.75 Å². The van der Waals surface area contributed by atoms with Gasteiger partial charge in [-0.1, -0.05) is 18.2 Å². The molecule has 0 fully saturated rings. The highest BCUT2D eigenvalue weighted by molar-refractivity contribution is 7.92. The molecule has 6 nitrogen and oxygen atoms in total. The number of halogens is 1. The highest BCUT2D eigenvalue weighted by atomic mass is 32.2. The van der Waals surface area contributed by atoms with Crippen molar-refractivity contribution in [1.29, 1.82) is 0 Å².